The number of ketones is 1. The molecule has 257 valence electrons. The molecule has 7 aromatic rings. The van der Waals surface area contributed by atoms with Gasteiger partial charge in [0.2, 0.25) is 0 Å². The summed E-state index contributed by atoms with van der Waals surface area (Å²) in [6, 6.07) is 42.4. The molecule has 3 nitrogen and oxygen atoms in total. The molecule has 0 fully saturated rings. The number of hydrogen-bond donors (Lipinski definition) is 1. The molecule has 0 aliphatic carbocycles. The first-order valence-electron chi connectivity index (χ1n) is 17.4. The molecule has 7 rings (SSSR count). The maximum Gasteiger partial charge on any atom is 0.162 e. The number of aromatic nitrogens is 1. The monoisotopic (exact) mass is 855 g/mol. The van der Waals surface area contributed by atoms with E-state index in [2.05, 4.69) is 121 Å². The number of pyridine rings is 1. The van der Waals surface area contributed by atoms with Gasteiger partial charge in [0, 0.05) is 55.2 Å². The molecule has 0 aliphatic heterocycles. The van der Waals surface area contributed by atoms with Crippen molar-refractivity contribution < 1.29 is 34.6 Å². The first kappa shape index (κ1) is 37.0. The molecule has 0 spiro atoms. The molecule has 0 aliphatic rings. The number of allylic oxidation sites excluding steroid dienone is 2. The second kappa shape index (κ2) is 16.6. The van der Waals surface area contributed by atoms with Gasteiger partial charge in [0.05, 0.1) is 5.76 Å². The third-order valence-corrected chi connectivity index (χ3v) is 11.0. The molecule has 1 radical (unpaired) electrons. The van der Waals surface area contributed by atoms with Crippen LogP contribution >= 0.6 is 11.3 Å². The second-order valence-corrected chi connectivity index (χ2v) is 13.7. The molecule has 5 heteroatoms. The average molecular weight is 855 g/mol. The molecule has 2 heterocycles. The van der Waals surface area contributed by atoms with Crippen molar-refractivity contribution in [3.05, 3.63) is 134 Å². The van der Waals surface area contributed by atoms with E-state index in [1.807, 2.05) is 45.1 Å². The van der Waals surface area contributed by atoms with Crippen molar-refractivity contribution in [1.82, 2.24) is 0 Å². The van der Waals surface area contributed by atoms with Gasteiger partial charge in [0.15, 0.2) is 5.78 Å². The van der Waals surface area contributed by atoms with Gasteiger partial charge in [-0.15, -0.1) is 18.2 Å². The van der Waals surface area contributed by atoms with Crippen molar-refractivity contribution >= 4 is 59.0 Å². The molecule has 0 saturated heterocycles. The van der Waals surface area contributed by atoms with Gasteiger partial charge >= 0.3 is 0 Å². The van der Waals surface area contributed by atoms with Gasteiger partial charge < -0.3 is 9.67 Å². The van der Waals surface area contributed by atoms with Gasteiger partial charge in [0.1, 0.15) is 11.2 Å². The fourth-order valence-electron chi connectivity index (χ4n) is 6.90. The van der Waals surface area contributed by atoms with Crippen LogP contribution in [0.25, 0.3) is 64.2 Å². The van der Waals surface area contributed by atoms with Gasteiger partial charge in [-0.05, 0) is 75.9 Å². The molecule has 50 heavy (non-hydrogen) atoms. The summed E-state index contributed by atoms with van der Waals surface area (Å²) in [5, 5.41) is 16.0. The average Bonchev–Trinajstić information content (AvgIpc) is 3.52. The summed E-state index contributed by atoms with van der Waals surface area (Å²) < 4.78 is 4.63. The third-order valence-electron chi connectivity index (χ3n) is 9.80. The van der Waals surface area contributed by atoms with Crippen molar-refractivity contribution in [2.24, 2.45) is 11.8 Å². The van der Waals surface area contributed by atoms with Gasteiger partial charge in [-0.25, -0.2) is 0 Å². The topological polar surface area (TPSA) is 41.2 Å². The Labute approximate surface area is 313 Å². The Morgan fingerprint density at radius 3 is 2.14 bits per heavy atom. The van der Waals surface area contributed by atoms with E-state index in [4.69, 9.17) is 0 Å². The smallest absolute Gasteiger partial charge is 0.162 e. The van der Waals surface area contributed by atoms with Crippen LogP contribution in [0.4, 0.5) is 0 Å². The number of benzene rings is 5. The van der Waals surface area contributed by atoms with Gasteiger partial charge in [0.25, 0.3) is 0 Å². The van der Waals surface area contributed by atoms with Crippen LogP contribution in [-0.4, -0.2) is 10.9 Å². The minimum Gasteiger partial charge on any atom is -0.512 e. The van der Waals surface area contributed by atoms with E-state index in [-0.39, 0.29) is 43.5 Å². The number of nitrogens with zero attached hydrogens (tertiary/aromatic N) is 1. The summed E-state index contributed by atoms with van der Waals surface area (Å²) in [6.45, 7) is 8.07. The van der Waals surface area contributed by atoms with E-state index < -0.39 is 0 Å². The Bertz CT molecular complexity index is 2280. The Morgan fingerprint density at radius 2 is 1.44 bits per heavy atom. The molecule has 0 bridgehead atoms. The zero-order chi connectivity index (χ0) is 34.5. The first-order valence-corrected chi connectivity index (χ1v) is 18.2. The quantitative estimate of drug-likeness (QED) is 0.0517. The van der Waals surface area contributed by atoms with Crippen LogP contribution in [0.3, 0.4) is 0 Å². The molecule has 0 saturated carbocycles. The Hall–Kier alpha value is -4.28. The maximum atomic E-state index is 11.7. The van der Waals surface area contributed by atoms with Crippen LogP contribution in [0.1, 0.15) is 53.4 Å². The number of aliphatic hydroxyl groups is 1. The van der Waals surface area contributed by atoms with E-state index in [1.54, 1.807) is 0 Å². The summed E-state index contributed by atoms with van der Waals surface area (Å²) in [4.78, 5) is 11.7. The molecule has 0 amide bonds. The van der Waals surface area contributed by atoms with Crippen LogP contribution in [-0.2, 0) is 24.9 Å². The fourth-order valence-corrected chi connectivity index (χ4v) is 8.11. The Balaban J connectivity index is 0.000000261. The van der Waals surface area contributed by atoms with Crippen LogP contribution in [0.2, 0.25) is 0 Å². The van der Waals surface area contributed by atoms with Crippen LogP contribution in [0.15, 0.2) is 121 Å². The van der Waals surface area contributed by atoms with E-state index >= 15 is 0 Å². The second-order valence-electron chi connectivity index (χ2n) is 12.6. The minimum absolute atomic E-state index is 0. The third kappa shape index (κ3) is 7.28. The number of hydrogen-bond acceptors (Lipinski definition) is 3. The van der Waals surface area contributed by atoms with Gasteiger partial charge in [-0.2, -0.15) is 11.3 Å². The molecule has 5 aromatic carbocycles. The predicted octanol–water partition coefficient (Wildman–Crippen LogP) is 12.3. The van der Waals surface area contributed by atoms with Crippen molar-refractivity contribution in [3.63, 3.8) is 0 Å². The Kier molecular flexibility index (Phi) is 12.3. The number of thiophene rings is 1. The van der Waals surface area contributed by atoms with E-state index in [0.717, 1.165) is 42.5 Å². The van der Waals surface area contributed by atoms with Crippen molar-refractivity contribution in [1.29, 1.82) is 0 Å². The number of fused-ring (bicyclic) bond motifs is 6. The van der Waals surface area contributed by atoms with Crippen LogP contribution in [0.5, 0.6) is 0 Å². The molecule has 2 aromatic heterocycles. The van der Waals surface area contributed by atoms with E-state index in [9.17, 15) is 9.90 Å². The SMILES string of the molecule is CCC(CC)C(=O)/C=C(\O)C(CC)CC.[CH2-][n+]1c(-c2[c-]ccc3c2sc2ccccc23)cc(-c2ccccc2)c2c3ccccc3ccc21.[Ir]. The number of aliphatic hydroxyl groups excluding tert-OH is 1. The number of carbonyl (C=O) groups is 1. The molecular weight excluding hydrogens is 811 g/mol. The molecule has 0 atom stereocenters. The molecule has 0 unspecified atom stereocenters. The van der Waals surface area contributed by atoms with Crippen LogP contribution in [0, 0.1) is 24.9 Å². The van der Waals surface area contributed by atoms with E-state index in [1.165, 1.54) is 53.5 Å². The van der Waals surface area contributed by atoms with Crippen molar-refractivity contribution in [2.45, 2.75) is 53.4 Å². The summed E-state index contributed by atoms with van der Waals surface area (Å²) >= 11 is 1.83. The van der Waals surface area contributed by atoms with Crippen LogP contribution < -0.4 is 4.57 Å². The largest absolute Gasteiger partial charge is 0.512 e. The molecule has 1 N–H and O–H groups in total. The van der Waals surface area contributed by atoms with Gasteiger partial charge in [-0.3, -0.25) is 4.79 Å². The summed E-state index contributed by atoms with van der Waals surface area (Å²) in [7, 11) is 4.53. The Morgan fingerprint density at radius 1 is 0.800 bits per heavy atom. The van der Waals surface area contributed by atoms with Crippen molar-refractivity contribution in [2.75, 3.05) is 0 Å². The first-order chi connectivity index (χ1) is 23.9. The maximum absolute atomic E-state index is 11.7. The summed E-state index contributed by atoms with van der Waals surface area (Å²) in [6.07, 6.45) is 4.91. The zero-order valence-electron chi connectivity index (χ0n) is 29.2. The summed E-state index contributed by atoms with van der Waals surface area (Å²) in [5.41, 5.74) is 5.70. The predicted molar refractivity (Wildman–Crippen MR) is 209 cm³/mol. The van der Waals surface area contributed by atoms with Crippen molar-refractivity contribution in [3.8, 4) is 22.4 Å². The number of carbonyl (C=O) groups excluding carboxylic acids is 1. The van der Waals surface area contributed by atoms with Gasteiger partial charge in [-0.1, -0.05) is 118 Å². The number of rotatable bonds is 9. The van der Waals surface area contributed by atoms with E-state index in [0.29, 0.717) is 0 Å². The fraction of sp³-hybridized carbons (Fsp3) is 0.222. The minimum atomic E-state index is 0. The normalized spacial score (nSPS) is 11.7. The zero-order valence-corrected chi connectivity index (χ0v) is 32.4. The molecular formula is C45H44IrNO2S-. The summed E-state index contributed by atoms with van der Waals surface area (Å²) in [5.74, 6) is 0.547. The standard InChI is InChI=1S/C32H20NS.C13H24O2.Ir/c1-33-28-19-18-22-12-5-6-13-23(22)31(28)27(21-10-3-2-4-11-21)20-29(33)26-16-9-15-25-24-14-7-8-17-30(24)34-32(25)26;1-5-10(6-2)12(14)9-13(15)11(7-3)8-4;/h2-15,17-20H,1H2;9-11,14H,5-8H2,1-4H3;/q-1;;/b;12-9-;.